The molecule has 1 saturated heterocycles. The lowest BCUT2D eigenvalue weighted by Crippen LogP contribution is -2.60. The van der Waals surface area contributed by atoms with Crippen molar-refractivity contribution in [3.63, 3.8) is 0 Å². The molecule has 1 spiro atoms. The summed E-state index contributed by atoms with van der Waals surface area (Å²) in [6.07, 6.45) is 3.18. The minimum atomic E-state index is -0.942. The molecule has 4 N–H and O–H groups in total. The van der Waals surface area contributed by atoms with E-state index in [9.17, 15) is 25.2 Å². The molecule has 4 aliphatic carbocycles. The van der Waals surface area contributed by atoms with Gasteiger partial charge >= 0.3 is 0 Å². The van der Waals surface area contributed by atoms with Crippen LogP contribution in [-0.4, -0.2) is 57.4 Å². The summed E-state index contributed by atoms with van der Waals surface area (Å²) in [4.78, 5) is 12.4. The Morgan fingerprint density at radius 1 is 1.07 bits per heavy atom. The number of aliphatic hydroxyl groups excluding tert-OH is 4. The van der Waals surface area contributed by atoms with E-state index in [1.165, 1.54) is 0 Å². The fourth-order valence-corrected chi connectivity index (χ4v) is 8.52. The standard InChI is InChI=1S/C21H32O6/c1-20-7-15(24)14(23)6-10(20)2-3-11-12-4-5-13(16(25)9-22)21(12)8-17(18(11)20)27-19(21)26/h10-15,17-19,22-24,26H,2-9H2,1H3/t10-,11-,12-,13-,14-,15+,17+,18+,19?,20-,21?/m0/s1. The number of carbonyl (C=O) groups excluding carboxylic acids is 1. The molecule has 5 fully saturated rings. The summed E-state index contributed by atoms with van der Waals surface area (Å²) < 4.78 is 6.14. The van der Waals surface area contributed by atoms with Gasteiger partial charge in [0.15, 0.2) is 12.1 Å². The Labute approximate surface area is 159 Å². The van der Waals surface area contributed by atoms with E-state index in [1.54, 1.807) is 0 Å². The SMILES string of the molecule is C[C@]12C[C@@H](O)[C@@H](O)C[C@@H]1CC[C@@H]1[C@@H]2[C@H]2CC3(C(O)O2)[C@H](C(=O)CO)CC[C@@H]13. The molecular weight excluding hydrogens is 348 g/mol. The molecule has 11 atom stereocenters. The van der Waals surface area contributed by atoms with Gasteiger partial charge in [0.1, 0.15) is 6.61 Å². The third-order valence-electron chi connectivity index (χ3n) is 9.51. The van der Waals surface area contributed by atoms with E-state index in [0.29, 0.717) is 31.1 Å². The van der Waals surface area contributed by atoms with Gasteiger partial charge in [-0.25, -0.2) is 0 Å². The van der Waals surface area contributed by atoms with Crippen molar-refractivity contribution in [3.05, 3.63) is 0 Å². The molecule has 0 aromatic heterocycles. The third-order valence-corrected chi connectivity index (χ3v) is 9.51. The molecule has 5 aliphatic rings. The molecule has 2 bridgehead atoms. The minimum Gasteiger partial charge on any atom is -0.390 e. The predicted molar refractivity (Wildman–Crippen MR) is 95.3 cm³/mol. The lowest BCUT2D eigenvalue weighted by Gasteiger charge is -2.60. The van der Waals surface area contributed by atoms with Crippen LogP contribution in [0.1, 0.15) is 51.9 Å². The van der Waals surface area contributed by atoms with Crippen LogP contribution in [0.15, 0.2) is 0 Å². The highest BCUT2D eigenvalue weighted by Crippen LogP contribution is 2.71. The maximum Gasteiger partial charge on any atom is 0.162 e. The van der Waals surface area contributed by atoms with Gasteiger partial charge in [0.25, 0.3) is 0 Å². The van der Waals surface area contributed by atoms with Crippen molar-refractivity contribution < 1.29 is 30.0 Å². The average Bonchev–Trinajstić information content (AvgIpc) is 3.15. The highest BCUT2D eigenvalue weighted by molar-refractivity contribution is 5.83. The first-order chi connectivity index (χ1) is 12.8. The summed E-state index contributed by atoms with van der Waals surface area (Å²) in [7, 11) is 0. The number of ether oxygens (including phenoxy) is 1. The van der Waals surface area contributed by atoms with Crippen LogP contribution in [-0.2, 0) is 9.53 Å². The second-order valence-electron chi connectivity index (χ2n) is 10.2. The van der Waals surface area contributed by atoms with Crippen LogP contribution < -0.4 is 0 Å². The fourth-order valence-electron chi connectivity index (χ4n) is 8.52. The number of hydrogen-bond donors (Lipinski definition) is 4. The molecule has 0 aromatic rings. The fraction of sp³-hybridized carbons (Fsp3) is 0.952. The van der Waals surface area contributed by atoms with Gasteiger partial charge in [-0.1, -0.05) is 6.92 Å². The molecule has 1 heterocycles. The van der Waals surface area contributed by atoms with Crippen molar-refractivity contribution in [3.8, 4) is 0 Å². The van der Waals surface area contributed by atoms with Gasteiger partial charge in [-0.2, -0.15) is 0 Å². The van der Waals surface area contributed by atoms with E-state index < -0.39 is 30.5 Å². The average molecular weight is 380 g/mol. The lowest BCUT2D eigenvalue weighted by molar-refractivity contribution is -0.176. The van der Waals surface area contributed by atoms with Gasteiger partial charge < -0.3 is 25.2 Å². The Kier molecular flexibility index (Phi) is 4.10. The van der Waals surface area contributed by atoms with E-state index in [1.807, 2.05) is 0 Å². The monoisotopic (exact) mass is 380 g/mol. The van der Waals surface area contributed by atoms with Crippen molar-refractivity contribution in [1.82, 2.24) is 0 Å². The molecule has 1 aliphatic heterocycles. The number of carbonyl (C=O) groups is 1. The first-order valence-corrected chi connectivity index (χ1v) is 10.7. The minimum absolute atomic E-state index is 0.108. The van der Waals surface area contributed by atoms with Gasteiger partial charge in [0.2, 0.25) is 0 Å². The Hall–Kier alpha value is -0.530. The smallest absolute Gasteiger partial charge is 0.162 e. The molecule has 0 radical (unpaired) electrons. The van der Waals surface area contributed by atoms with Gasteiger partial charge in [0, 0.05) is 11.3 Å². The van der Waals surface area contributed by atoms with Crippen molar-refractivity contribution in [1.29, 1.82) is 0 Å². The molecule has 0 amide bonds. The molecule has 6 nitrogen and oxygen atoms in total. The van der Waals surface area contributed by atoms with Gasteiger partial charge in [-0.3, -0.25) is 4.79 Å². The Morgan fingerprint density at radius 2 is 1.85 bits per heavy atom. The van der Waals surface area contributed by atoms with Crippen LogP contribution in [0.25, 0.3) is 0 Å². The van der Waals surface area contributed by atoms with E-state index in [0.717, 1.165) is 25.7 Å². The Morgan fingerprint density at radius 3 is 2.59 bits per heavy atom. The number of fused-ring (bicyclic) bond motifs is 6. The highest BCUT2D eigenvalue weighted by Gasteiger charge is 2.72. The van der Waals surface area contributed by atoms with E-state index in [4.69, 9.17) is 4.74 Å². The molecule has 27 heavy (non-hydrogen) atoms. The highest BCUT2D eigenvalue weighted by atomic mass is 16.6. The number of ketones is 1. The summed E-state index contributed by atoms with van der Waals surface area (Å²) in [6, 6.07) is 0. The van der Waals surface area contributed by atoms with Crippen molar-refractivity contribution in [2.45, 2.75) is 76.5 Å². The molecule has 6 heteroatoms. The normalized spacial score (nSPS) is 59.1. The molecule has 4 saturated carbocycles. The maximum absolute atomic E-state index is 12.4. The number of aliphatic hydroxyl groups is 4. The quantitative estimate of drug-likeness (QED) is 0.566. The summed E-state index contributed by atoms with van der Waals surface area (Å²) in [6.45, 7) is 1.78. The second kappa shape index (κ2) is 5.99. The molecule has 0 aromatic carbocycles. The van der Waals surface area contributed by atoms with Gasteiger partial charge in [-0.05, 0) is 74.0 Å². The number of hydrogen-bond acceptors (Lipinski definition) is 6. The van der Waals surface area contributed by atoms with Crippen molar-refractivity contribution in [2.75, 3.05) is 6.61 Å². The van der Waals surface area contributed by atoms with Crippen LogP contribution in [0, 0.1) is 40.4 Å². The molecule has 152 valence electrons. The summed E-state index contributed by atoms with van der Waals surface area (Å²) >= 11 is 0. The number of rotatable bonds is 2. The maximum atomic E-state index is 12.4. The first-order valence-electron chi connectivity index (χ1n) is 10.7. The zero-order chi connectivity index (χ0) is 19.1. The van der Waals surface area contributed by atoms with Crippen LogP contribution in [0.5, 0.6) is 0 Å². The van der Waals surface area contributed by atoms with E-state index in [-0.39, 0.29) is 35.1 Å². The van der Waals surface area contributed by atoms with Crippen LogP contribution in [0.2, 0.25) is 0 Å². The van der Waals surface area contributed by atoms with Crippen LogP contribution in [0.4, 0.5) is 0 Å². The predicted octanol–water partition coefficient (Wildman–Crippen LogP) is 0.846. The van der Waals surface area contributed by atoms with E-state index >= 15 is 0 Å². The largest absolute Gasteiger partial charge is 0.390 e. The van der Waals surface area contributed by atoms with Gasteiger partial charge in [-0.15, -0.1) is 0 Å². The topological polar surface area (TPSA) is 107 Å². The molecule has 5 rings (SSSR count). The summed E-state index contributed by atoms with van der Waals surface area (Å²) in [5.41, 5.74) is -0.650. The zero-order valence-electron chi connectivity index (χ0n) is 16.0. The zero-order valence-corrected chi connectivity index (χ0v) is 16.0. The third kappa shape index (κ3) is 2.22. The first kappa shape index (κ1) is 18.5. The summed E-state index contributed by atoms with van der Waals surface area (Å²) in [5, 5.41) is 41.0. The van der Waals surface area contributed by atoms with Gasteiger partial charge in [0.05, 0.1) is 18.3 Å². The Bertz CT molecular complexity index is 638. The van der Waals surface area contributed by atoms with Crippen LogP contribution in [0.3, 0.4) is 0 Å². The Balaban J connectivity index is 1.53. The van der Waals surface area contributed by atoms with E-state index in [2.05, 4.69) is 6.92 Å². The molecule has 2 unspecified atom stereocenters. The van der Waals surface area contributed by atoms with Crippen LogP contribution >= 0.6 is 0 Å². The number of Topliss-reactive ketones (excluding diaryl/α,β-unsaturated/α-hetero) is 1. The van der Waals surface area contributed by atoms with Crippen molar-refractivity contribution in [2.24, 2.45) is 40.4 Å². The summed E-state index contributed by atoms with van der Waals surface area (Å²) in [5.74, 6) is 0.756. The second-order valence-corrected chi connectivity index (χ2v) is 10.2. The molecular formula is C21H32O6. The lowest BCUT2D eigenvalue weighted by atomic mass is 9.44. The van der Waals surface area contributed by atoms with Crippen molar-refractivity contribution >= 4 is 5.78 Å².